The molecule has 2 N–H and O–H groups in total. The Labute approximate surface area is 107 Å². The lowest BCUT2D eigenvalue weighted by Gasteiger charge is -2.22. The lowest BCUT2D eigenvalue weighted by molar-refractivity contribution is -0.124. The Bertz CT molecular complexity index is 212. The fraction of sp³-hybridized carbons (Fsp3) is 0.929. The molecular weight excluding hydrogens is 212 g/mol. The van der Waals surface area contributed by atoms with E-state index < -0.39 is 0 Å². The molecule has 0 aromatic carbocycles. The van der Waals surface area contributed by atoms with Gasteiger partial charge in [-0.25, -0.2) is 0 Å². The van der Waals surface area contributed by atoms with Crippen molar-refractivity contribution in [3.8, 4) is 0 Å². The van der Waals surface area contributed by atoms with Crippen LogP contribution in [-0.2, 0) is 4.79 Å². The van der Waals surface area contributed by atoms with Gasteiger partial charge >= 0.3 is 0 Å². The molecule has 0 spiro atoms. The van der Waals surface area contributed by atoms with Crippen molar-refractivity contribution in [1.29, 1.82) is 0 Å². The van der Waals surface area contributed by atoms with Crippen LogP contribution in [0.5, 0.6) is 0 Å². The second-order valence-electron chi connectivity index (χ2n) is 5.68. The highest BCUT2D eigenvalue weighted by atomic mass is 16.1. The molecule has 1 atom stereocenters. The summed E-state index contributed by atoms with van der Waals surface area (Å²) in [5, 5.41) is 6.75. The quantitative estimate of drug-likeness (QED) is 0.610. The van der Waals surface area contributed by atoms with E-state index in [2.05, 4.69) is 38.3 Å². The van der Waals surface area contributed by atoms with Gasteiger partial charge < -0.3 is 10.6 Å². The van der Waals surface area contributed by atoms with E-state index in [9.17, 15) is 4.79 Å². The highest BCUT2D eigenvalue weighted by Crippen LogP contribution is 2.07. The molecule has 17 heavy (non-hydrogen) atoms. The van der Waals surface area contributed by atoms with Gasteiger partial charge in [0.2, 0.25) is 0 Å². The molecule has 0 fully saturated rings. The summed E-state index contributed by atoms with van der Waals surface area (Å²) in [6, 6.07) is 0.900. The topological polar surface area (TPSA) is 41.1 Å². The third-order valence-electron chi connectivity index (χ3n) is 2.67. The number of hydrogen-bond acceptors (Lipinski definition) is 3. The first-order valence-corrected chi connectivity index (χ1v) is 6.87. The van der Waals surface area contributed by atoms with E-state index in [-0.39, 0.29) is 12.0 Å². The molecule has 0 aliphatic carbocycles. The molecule has 0 saturated heterocycles. The van der Waals surface area contributed by atoms with Crippen molar-refractivity contribution < 1.29 is 4.79 Å². The number of carbonyl (C=O) groups excluding carboxylic acids is 1. The normalized spacial score (nSPS) is 13.7. The maximum absolute atomic E-state index is 12.0. The first-order valence-electron chi connectivity index (χ1n) is 6.87. The molecule has 0 unspecified atom stereocenters. The van der Waals surface area contributed by atoms with Crippen LogP contribution in [0.15, 0.2) is 0 Å². The molecule has 0 aliphatic heterocycles. The van der Waals surface area contributed by atoms with Gasteiger partial charge in [0, 0.05) is 18.0 Å². The minimum atomic E-state index is 0.0176. The Morgan fingerprint density at radius 2 is 1.59 bits per heavy atom. The SMILES string of the molecule is CC(C)NCCC[C@H](NC(C)C)C(=O)C(C)C. The maximum Gasteiger partial charge on any atom is 0.152 e. The van der Waals surface area contributed by atoms with Gasteiger partial charge in [-0.15, -0.1) is 0 Å². The lowest BCUT2D eigenvalue weighted by Crippen LogP contribution is -2.43. The Kier molecular flexibility index (Phi) is 8.44. The number of rotatable bonds is 9. The van der Waals surface area contributed by atoms with E-state index in [1.807, 2.05) is 13.8 Å². The monoisotopic (exact) mass is 242 g/mol. The number of nitrogens with one attached hydrogen (secondary N) is 2. The third kappa shape index (κ3) is 8.33. The van der Waals surface area contributed by atoms with Gasteiger partial charge in [-0.2, -0.15) is 0 Å². The predicted molar refractivity (Wildman–Crippen MR) is 74.3 cm³/mol. The first-order chi connectivity index (χ1) is 7.84. The molecule has 0 aromatic rings. The van der Waals surface area contributed by atoms with Gasteiger partial charge in [0.05, 0.1) is 6.04 Å². The summed E-state index contributed by atoms with van der Waals surface area (Å²) >= 11 is 0. The van der Waals surface area contributed by atoms with Gasteiger partial charge in [0.15, 0.2) is 5.78 Å². The van der Waals surface area contributed by atoms with E-state index in [0.29, 0.717) is 17.9 Å². The largest absolute Gasteiger partial charge is 0.315 e. The van der Waals surface area contributed by atoms with Crippen molar-refractivity contribution in [1.82, 2.24) is 10.6 Å². The van der Waals surface area contributed by atoms with Gasteiger partial charge in [-0.05, 0) is 19.4 Å². The van der Waals surface area contributed by atoms with Gasteiger partial charge in [0.25, 0.3) is 0 Å². The molecular formula is C14H30N2O. The minimum absolute atomic E-state index is 0.0176. The molecule has 0 amide bonds. The maximum atomic E-state index is 12.0. The van der Waals surface area contributed by atoms with Crippen molar-refractivity contribution >= 4 is 5.78 Å². The zero-order valence-electron chi connectivity index (χ0n) is 12.3. The second kappa shape index (κ2) is 8.65. The van der Waals surface area contributed by atoms with E-state index >= 15 is 0 Å². The average Bonchev–Trinajstić information content (AvgIpc) is 2.20. The highest BCUT2D eigenvalue weighted by molar-refractivity contribution is 5.85. The van der Waals surface area contributed by atoms with E-state index in [4.69, 9.17) is 0 Å². The zero-order chi connectivity index (χ0) is 13.4. The van der Waals surface area contributed by atoms with Crippen molar-refractivity contribution in [2.45, 2.75) is 72.5 Å². The summed E-state index contributed by atoms with van der Waals surface area (Å²) in [6.07, 6.45) is 1.97. The summed E-state index contributed by atoms with van der Waals surface area (Å²) in [7, 11) is 0. The molecule has 3 nitrogen and oxygen atoms in total. The van der Waals surface area contributed by atoms with Crippen LogP contribution in [-0.4, -0.2) is 30.5 Å². The van der Waals surface area contributed by atoms with Crippen molar-refractivity contribution in [3.63, 3.8) is 0 Å². The van der Waals surface area contributed by atoms with Crippen molar-refractivity contribution in [2.75, 3.05) is 6.54 Å². The molecule has 0 radical (unpaired) electrons. The Balaban J connectivity index is 4.07. The van der Waals surface area contributed by atoms with Gasteiger partial charge in [0.1, 0.15) is 0 Å². The highest BCUT2D eigenvalue weighted by Gasteiger charge is 2.20. The van der Waals surface area contributed by atoms with E-state index in [1.165, 1.54) is 0 Å². The fourth-order valence-corrected chi connectivity index (χ4v) is 1.81. The summed E-state index contributed by atoms with van der Waals surface area (Å²) in [5.41, 5.74) is 0. The number of hydrogen-bond donors (Lipinski definition) is 2. The summed E-state index contributed by atoms with van der Waals surface area (Å²) < 4.78 is 0. The third-order valence-corrected chi connectivity index (χ3v) is 2.67. The fourth-order valence-electron chi connectivity index (χ4n) is 1.81. The molecule has 0 saturated carbocycles. The van der Waals surface area contributed by atoms with Crippen LogP contribution < -0.4 is 10.6 Å². The second-order valence-corrected chi connectivity index (χ2v) is 5.68. The molecule has 3 heteroatoms. The summed E-state index contributed by atoms with van der Waals surface area (Å²) in [5.74, 6) is 0.451. The van der Waals surface area contributed by atoms with E-state index in [0.717, 1.165) is 19.4 Å². The van der Waals surface area contributed by atoms with Crippen LogP contribution in [0.1, 0.15) is 54.4 Å². The molecule has 0 heterocycles. The van der Waals surface area contributed by atoms with Gasteiger partial charge in [-0.1, -0.05) is 41.5 Å². The number of ketones is 1. The Morgan fingerprint density at radius 3 is 2.00 bits per heavy atom. The molecule has 102 valence electrons. The Hall–Kier alpha value is -0.410. The van der Waals surface area contributed by atoms with Crippen molar-refractivity contribution in [2.24, 2.45) is 5.92 Å². The minimum Gasteiger partial charge on any atom is -0.315 e. The molecule has 0 aliphatic rings. The van der Waals surface area contributed by atoms with Gasteiger partial charge in [-0.3, -0.25) is 4.79 Å². The predicted octanol–water partition coefficient (Wildman–Crippen LogP) is 2.36. The number of carbonyl (C=O) groups is 1. The van der Waals surface area contributed by atoms with Crippen LogP contribution in [0.3, 0.4) is 0 Å². The Morgan fingerprint density at radius 1 is 1.00 bits per heavy atom. The standard InChI is InChI=1S/C14H30N2O/c1-10(2)14(17)13(16-12(5)6)8-7-9-15-11(3)4/h10-13,15-16H,7-9H2,1-6H3/t13-/m0/s1. The smallest absolute Gasteiger partial charge is 0.152 e. The van der Waals surface area contributed by atoms with Crippen LogP contribution in [0.25, 0.3) is 0 Å². The van der Waals surface area contributed by atoms with Crippen LogP contribution >= 0.6 is 0 Å². The van der Waals surface area contributed by atoms with E-state index in [1.54, 1.807) is 0 Å². The molecule has 0 aromatic heterocycles. The molecule has 0 bridgehead atoms. The summed E-state index contributed by atoms with van der Waals surface area (Å²) in [6.45, 7) is 13.4. The average molecular weight is 242 g/mol. The van der Waals surface area contributed by atoms with Crippen molar-refractivity contribution in [3.05, 3.63) is 0 Å². The van der Waals surface area contributed by atoms with Crippen LogP contribution in [0, 0.1) is 5.92 Å². The number of Topliss-reactive ketones (excluding diaryl/α,β-unsaturated/α-hetero) is 1. The summed E-state index contributed by atoms with van der Waals surface area (Å²) in [4.78, 5) is 12.0. The zero-order valence-corrected chi connectivity index (χ0v) is 12.3. The first kappa shape index (κ1) is 16.6. The lowest BCUT2D eigenvalue weighted by atomic mass is 9.97. The van der Waals surface area contributed by atoms with Crippen LogP contribution in [0.2, 0.25) is 0 Å². The van der Waals surface area contributed by atoms with Crippen LogP contribution in [0.4, 0.5) is 0 Å². The molecule has 0 rings (SSSR count).